The van der Waals surface area contributed by atoms with Crippen LogP contribution in [0.2, 0.25) is 0 Å². The first-order valence-electron chi connectivity index (χ1n) is 7.27. The Balaban J connectivity index is 2.09. The second-order valence-electron chi connectivity index (χ2n) is 5.58. The highest BCUT2D eigenvalue weighted by molar-refractivity contribution is 5.77. The topological polar surface area (TPSA) is 38.3 Å². The Morgan fingerprint density at radius 2 is 1.50 bits per heavy atom. The van der Waals surface area contributed by atoms with Crippen LogP contribution in [0.3, 0.4) is 0 Å². The van der Waals surface area contributed by atoms with E-state index in [0.717, 1.165) is 25.7 Å². The van der Waals surface area contributed by atoms with Gasteiger partial charge in [0.25, 0.3) is 5.91 Å². The quantitative estimate of drug-likeness (QED) is 0.824. The zero-order valence-corrected chi connectivity index (χ0v) is 12.4. The molecule has 1 aromatic rings. The Kier molecular flexibility index (Phi) is 5.29. The number of halogens is 6. The molecule has 0 unspecified atom stereocenters. The summed E-state index contributed by atoms with van der Waals surface area (Å²) in [6.45, 7) is -0.644. The van der Waals surface area contributed by atoms with Gasteiger partial charge in [0.05, 0.1) is 11.1 Å². The molecule has 1 aliphatic carbocycles. The van der Waals surface area contributed by atoms with Gasteiger partial charge >= 0.3 is 12.4 Å². The van der Waals surface area contributed by atoms with Crippen molar-refractivity contribution in [3.05, 3.63) is 29.3 Å². The Hall–Kier alpha value is -1.93. The number of carbonyl (C=O) groups excluding carboxylic acids is 1. The lowest BCUT2D eigenvalue weighted by atomic mass is 10.1. The van der Waals surface area contributed by atoms with Crippen LogP contribution in [0.25, 0.3) is 0 Å². The fourth-order valence-electron chi connectivity index (χ4n) is 2.50. The average Bonchev–Trinajstić information content (AvgIpc) is 2.96. The van der Waals surface area contributed by atoms with Crippen LogP contribution in [0.5, 0.6) is 5.75 Å². The van der Waals surface area contributed by atoms with E-state index in [9.17, 15) is 31.1 Å². The molecular formula is C15H15F6NO2. The van der Waals surface area contributed by atoms with Gasteiger partial charge in [0.2, 0.25) is 0 Å². The van der Waals surface area contributed by atoms with E-state index in [1.807, 2.05) is 0 Å². The minimum atomic E-state index is -4.95. The van der Waals surface area contributed by atoms with Gasteiger partial charge in [-0.3, -0.25) is 4.79 Å². The maximum atomic E-state index is 12.7. The van der Waals surface area contributed by atoms with Crippen molar-refractivity contribution in [3.63, 3.8) is 0 Å². The first kappa shape index (κ1) is 18.4. The first-order valence-corrected chi connectivity index (χ1v) is 7.27. The molecule has 1 amide bonds. The van der Waals surface area contributed by atoms with Gasteiger partial charge in [-0.05, 0) is 31.0 Å². The zero-order chi connectivity index (χ0) is 18.0. The largest absolute Gasteiger partial charge is 0.484 e. The van der Waals surface area contributed by atoms with Crippen LogP contribution in [-0.2, 0) is 17.1 Å². The van der Waals surface area contributed by atoms with Gasteiger partial charge in [0.1, 0.15) is 5.75 Å². The Morgan fingerprint density at radius 1 is 1.00 bits per heavy atom. The second kappa shape index (κ2) is 6.90. The molecule has 1 aromatic carbocycles. The van der Waals surface area contributed by atoms with E-state index in [0.29, 0.717) is 12.1 Å². The summed E-state index contributed by atoms with van der Waals surface area (Å²) in [7, 11) is 0. The molecule has 3 nitrogen and oxygen atoms in total. The summed E-state index contributed by atoms with van der Waals surface area (Å²) < 4.78 is 81.1. The van der Waals surface area contributed by atoms with Crippen LogP contribution in [0.1, 0.15) is 36.8 Å². The molecule has 0 bridgehead atoms. The maximum Gasteiger partial charge on any atom is 0.416 e. The highest BCUT2D eigenvalue weighted by Crippen LogP contribution is 2.38. The molecule has 0 radical (unpaired) electrons. The minimum Gasteiger partial charge on any atom is -0.484 e. The lowest BCUT2D eigenvalue weighted by Crippen LogP contribution is -2.36. The molecule has 2 rings (SSSR count). The summed E-state index contributed by atoms with van der Waals surface area (Å²) in [5, 5.41) is 2.63. The zero-order valence-electron chi connectivity index (χ0n) is 12.4. The summed E-state index contributed by atoms with van der Waals surface area (Å²) in [6, 6.07) is 0.870. The second-order valence-corrected chi connectivity index (χ2v) is 5.58. The number of rotatable bonds is 4. The fourth-order valence-corrected chi connectivity index (χ4v) is 2.50. The molecule has 0 aliphatic heterocycles. The summed E-state index contributed by atoms with van der Waals surface area (Å²) in [4.78, 5) is 11.7. The molecule has 0 saturated heterocycles. The van der Waals surface area contributed by atoms with E-state index >= 15 is 0 Å². The molecule has 24 heavy (non-hydrogen) atoms. The molecule has 134 valence electrons. The predicted octanol–water partition coefficient (Wildman–Crippen LogP) is 4.16. The van der Waals surface area contributed by atoms with Gasteiger partial charge in [0.15, 0.2) is 6.61 Å². The van der Waals surface area contributed by atoms with Crippen LogP contribution in [0.4, 0.5) is 26.3 Å². The van der Waals surface area contributed by atoms with E-state index in [2.05, 4.69) is 5.32 Å². The van der Waals surface area contributed by atoms with Gasteiger partial charge in [-0.2, -0.15) is 26.3 Å². The number of benzene rings is 1. The van der Waals surface area contributed by atoms with Gasteiger partial charge in [-0.15, -0.1) is 0 Å². The fraction of sp³-hybridized carbons (Fsp3) is 0.533. The Bertz CT molecular complexity index is 558. The summed E-state index contributed by atoms with van der Waals surface area (Å²) >= 11 is 0. The molecule has 1 saturated carbocycles. The van der Waals surface area contributed by atoms with Crippen molar-refractivity contribution in [3.8, 4) is 5.75 Å². The molecule has 1 fully saturated rings. The van der Waals surface area contributed by atoms with Crippen molar-refractivity contribution in [2.24, 2.45) is 0 Å². The van der Waals surface area contributed by atoms with E-state index < -0.39 is 41.7 Å². The SMILES string of the molecule is O=C(COc1cc(C(F)(F)F)cc(C(F)(F)F)c1)NC1CCCC1. The van der Waals surface area contributed by atoms with E-state index in [1.54, 1.807) is 0 Å². The van der Waals surface area contributed by atoms with Crippen molar-refractivity contribution in [2.75, 3.05) is 6.61 Å². The highest BCUT2D eigenvalue weighted by atomic mass is 19.4. The van der Waals surface area contributed by atoms with Crippen molar-refractivity contribution in [1.29, 1.82) is 0 Å². The van der Waals surface area contributed by atoms with Crippen molar-refractivity contribution in [1.82, 2.24) is 5.32 Å². The van der Waals surface area contributed by atoms with Crippen molar-refractivity contribution in [2.45, 2.75) is 44.1 Å². The molecule has 0 aromatic heterocycles. The first-order chi connectivity index (χ1) is 11.1. The van der Waals surface area contributed by atoms with Crippen LogP contribution >= 0.6 is 0 Å². The van der Waals surface area contributed by atoms with Crippen molar-refractivity contribution < 1.29 is 35.9 Å². The molecule has 9 heteroatoms. The smallest absolute Gasteiger partial charge is 0.416 e. The number of alkyl halides is 6. The molecule has 1 N–H and O–H groups in total. The van der Waals surface area contributed by atoms with Gasteiger partial charge in [-0.1, -0.05) is 12.8 Å². The highest BCUT2D eigenvalue weighted by Gasteiger charge is 2.37. The Labute approximate surface area is 134 Å². The van der Waals surface area contributed by atoms with Crippen LogP contribution < -0.4 is 10.1 Å². The van der Waals surface area contributed by atoms with Crippen LogP contribution in [0, 0.1) is 0 Å². The molecule has 0 heterocycles. The summed E-state index contributed by atoms with van der Waals surface area (Å²) in [5.41, 5.74) is -2.97. The van der Waals surface area contributed by atoms with Gasteiger partial charge in [-0.25, -0.2) is 0 Å². The van der Waals surface area contributed by atoms with Crippen molar-refractivity contribution >= 4 is 5.91 Å². The van der Waals surface area contributed by atoms with E-state index in [1.165, 1.54) is 0 Å². The summed E-state index contributed by atoms with van der Waals surface area (Å²) in [5.74, 6) is -1.23. The predicted molar refractivity (Wildman–Crippen MR) is 72.3 cm³/mol. The molecule has 0 atom stereocenters. The van der Waals surface area contributed by atoms with Crippen LogP contribution in [0.15, 0.2) is 18.2 Å². The normalized spacial score (nSPS) is 16.2. The number of hydrogen-bond acceptors (Lipinski definition) is 2. The maximum absolute atomic E-state index is 12.7. The third-order valence-corrected chi connectivity index (χ3v) is 3.65. The van der Waals surface area contributed by atoms with Gasteiger partial charge < -0.3 is 10.1 Å². The Morgan fingerprint density at radius 3 is 1.96 bits per heavy atom. The van der Waals surface area contributed by atoms with Crippen LogP contribution in [-0.4, -0.2) is 18.6 Å². The third-order valence-electron chi connectivity index (χ3n) is 3.65. The average molecular weight is 355 g/mol. The molecular weight excluding hydrogens is 340 g/mol. The monoisotopic (exact) mass is 355 g/mol. The number of carbonyl (C=O) groups is 1. The van der Waals surface area contributed by atoms with Gasteiger partial charge in [0, 0.05) is 6.04 Å². The number of nitrogens with one attached hydrogen (secondary N) is 1. The lowest BCUT2D eigenvalue weighted by Gasteiger charge is -2.15. The number of amides is 1. The summed E-state index contributed by atoms with van der Waals surface area (Å²) in [6.07, 6.45) is -6.37. The number of hydrogen-bond donors (Lipinski definition) is 1. The van der Waals surface area contributed by atoms with E-state index in [4.69, 9.17) is 4.74 Å². The molecule has 1 aliphatic rings. The number of ether oxygens (including phenoxy) is 1. The van der Waals surface area contributed by atoms with E-state index in [-0.39, 0.29) is 12.1 Å². The third kappa shape index (κ3) is 5.04. The standard InChI is InChI=1S/C15H15F6NO2/c16-14(17,18)9-5-10(15(19,20)21)7-12(6-9)24-8-13(23)22-11-3-1-2-4-11/h5-7,11H,1-4,8H2,(H,22,23). The molecule has 0 spiro atoms. The minimum absolute atomic E-state index is 0.00542. The lowest BCUT2D eigenvalue weighted by molar-refractivity contribution is -0.143.